The van der Waals surface area contributed by atoms with Crippen molar-refractivity contribution in [2.24, 2.45) is 17.8 Å². The highest BCUT2D eigenvalue weighted by atomic mass is 35.5. The van der Waals surface area contributed by atoms with Crippen LogP contribution >= 0.6 is 11.6 Å². The third kappa shape index (κ3) is 2.38. The first-order chi connectivity index (χ1) is 8.76. The van der Waals surface area contributed by atoms with Crippen molar-refractivity contribution < 1.29 is 4.74 Å². The number of hydrogen-bond acceptors (Lipinski definition) is 1. The van der Waals surface area contributed by atoms with E-state index in [0.29, 0.717) is 5.38 Å². The van der Waals surface area contributed by atoms with E-state index >= 15 is 0 Å². The fraction of sp³-hybridized carbons (Fsp3) is 0.625. The van der Waals surface area contributed by atoms with Crippen LogP contribution in [0, 0.1) is 17.8 Å². The molecule has 0 aliphatic heterocycles. The number of hydrogen-bond donors (Lipinski definition) is 0. The molecular formula is C16H21ClO. The summed E-state index contributed by atoms with van der Waals surface area (Å²) in [6.07, 6.45) is 6.64. The number of benzene rings is 1. The van der Waals surface area contributed by atoms with E-state index < -0.39 is 0 Å². The summed E-state index contributed by atoms with van der Waals surface area (Å²) in [6.45, 7) is 0. The van der Waals surface area contributed by atoms with Gasteiger partial charge in [0.05, 0.1) is 7.11 Å². The predicted molar refractivity (Wildman–Crippen MR) is 75.3 cm³/mol. The zero-order chi connectivity index (χ0) is 12.5. The van der Waals surface area contributed by atoms with Crippen LogP contribution in [0.15, 0.2) is 24.3 Å². The lowest BCUT2D eigenvalue weighted by Crippen LogP contribution is -2.23. The highest BCUT2D eigenvalue weighted by Crippen LogP contribution is 2.51. The SMILES string of the molecule is COc1cccc(CC(Cl)C2CC3CCC2C3)c1. The largest absolute Gasteiger partial charge is 0.497 e. The van der Waals surface area contributed by atoms with E-state index in [4.69, 9.17) is 16.3 Å². The van der Waals surface area contributed by atoms with E-state index in [9.17, 15) is 0 Å². The van der Waals surface area contributed by atoms with Crippen LogP contribution in [0.3, 0.4) is 0 Å². The van der Waals surface area contributed by atoms with Crippen LogP contribution < -0.4 is 4.74 Å². The van der Waals surface area contributed by atoms with Crippen LogP contribution in [-0.4, -0.2) is 12.5 Å². The van der Waals surface area contributed by atoms with Crippen molar-refractivity contribution in [2.75, 3.05) is 7.11 Å². The van der Waals surface area contributed by atoms with Crippen LogP contribution in [0.2, 0.25) is 0 Å². The molecule has 1 aromatic carbocycles. The van der Waals surface area contributed by atoms with Crippen LogP contribution in [0.1, 0.15) is 31.2 Å². The fourth-order valence-electron chi connectivity index (χ4n) is 3.91. The molecule has 1 aromatic rings. The van der Waals surface area contributed by atoms with Crippen LogP contribution in [0.25, 0.3) is 0 Å². The molecule has 2 aliphatic rings. The van der Waals surface area contributed by atoms with Crippen LogP contribution in [0.4, 0.5) is 0 Å². The molecule has 1 nitrogen and oxygen atoms in total. The minimum Gasteiger partial charge on any atom is -0.497 e. The average molecular weight is 265 g/mol. The first kappa shape index (κ1) is 12.3. The Hall–Kier alpha value is -0.690. The molecule has 0 aromatic heterocycles. The van der Waals surface area contributed by atoms with Gasteiger partial charge in [-0.3, -0.25) is 0 Å². The molecule has 4 atom stereocenters. The number of ether oxygens (including phenoxy) is 1. The van der Waals surface area contributed by atoms with Crippen molar-refractivity contribution in [1.29, 1.82) is 0 Å². The lowest BCUT2D eigenvalue weighted by Gasteiger charge is -2.26. The highest BCUT2D eigenvalue weighted by Gasteiger charge is 2.42. The molecule has 2 aliphatic carbocycles. The lowest BCUT2D eigenvalue weighted by molar-refractivity contribution is 0.319. The van der Waals surface area contributed by atoms with Crippen molar-refractivity contribution in [2.45, 2.75) is 37.5 Å². The molecule has 98 valence electrons. The number of methoxy groups -OCH3 is 1. The van der Waals surface area contributed by atoms with Gasteiger partial charge in [0.1, 0.15) is 5.75 Å². The second-order valence-corrected chi connectivity index (χ2v) is 6.47. The molecule has 2 saturated carbocycles. The van der Waals surface area contributed by atoms with E-state index in [0.717, 1.165) is 29.9 Å². The summed E-state index contributed by atoms with van der Waals surface area (Å²) < 4.78 is 5.27. The summed E-state index contributed by atoms with van der Waals surface area (Å²) in [4.78, 5) is 0. The minimum absolute atomic E-state index is 0.299. The Kier molecular flexibility index (Phi) is 3.52. The van der Waals surface area contributed by atoms with Crippen LogP contribution in [-0.2, 0) is 6.42 Å². The molecule has 4 unspecified atom stereocenters. The smallest absolute Gasteiger partial charge is 0.119 e. The molecular weight excluding hydrogens is 244 g/mol. The van der Waals surface area contributed by atoms with E-state index in [1.807, 2.05) is 6.07 Å². The molecule has 0 amide bonds. The first-order valence-electron chi connectivity index (χ1n) is 7.03. The summed E-state index contributed by atoms with van der Waals surface area (Å²) in [5.74, 6) is 3.57. The topological polar surface area (TPSA) is 9.23 Å². The Bertz CT molecular complexity index is 417. The van der Waals surface area contributed by atoms with Gasteiger partial charge in [0.15, 0.2) is 0 Å². The predicted octanol–water partition coefficient (Wildman–Crippen LogP) is 4.28. The van der Waals surface area contributed by atoms with E-state index in [1.54, 1.807) is 7.11 Å². The van der Waals surface area contributed by atoms with Gasteiger partial charge in [0.25, 0.3) is 0 Å². The summed E-state index contributed by atoms with van der Waals surface area (Å²) >= 11 is 6.67. The number of rotatable bonds is 4. The van der Waals surface area contributed by atoms with Gasteiger partial charge >= 0.3 is 0 Å². The van der Waals surface area contributed by atoms with Crippen molar-refractivity contribution >= 4 is 11.6 Å². The van der Waals surface area contributed by atoms with Gasteiger partial charge in [-0.05, 0) is 61.1 Å². The van der Waals surface area contributed by atoms with Gasteiger partial charge in [0, 0.05) is 5.38 Å². The standard InChI is InChI=1S/C16H21ClO/c1-18-14-4-2-3-11(8-14)10-16(17)15-9-12-5-6-13(15)7-12/h2-4,8,12-13,15-16H,5-7,9-10H2,1H3. The Labute approximate surface area is 114 Å². The fourth-order valence-corrected chi connectivity index (χ4v) is 4.40. The van der Waals surface area contributed by atoms with E-state index in [1.165, 1.54) is 31.2 Å². The Balaban J connectivity index is 1.65. The third-order valence-corrected chi connectivity index (χ3v) is 5.30. The zero-order valence-electron chi connectivity index (χ0n) is 10.9. The van der Waals surface area contributed by atoms with Gasteiger partial charge in [-0.25, -0.2) is 0 Å². The second kappa shape index (κ2) is 5.13. The van der Waals surface area contributed by atoms with Gasteiger partial charge in [0.2, 0.25) is 0 Å². The molecule has 0 heterocycles. The van der Waals surface area contributed by atoms with Gasteiger partial charge < -0.3 is 4.74 Å². The molecule has 0 radical (unpaired) electrons. The van der Waals surface area contributed by atoms with E-state index in [-0.39, 0.29) is 0 Å². The minimum atomic E-state index is 0.299. The quantitative estimate of drug-likeness (QED) is 0.738. The monoisotopic (exact) mass is 264 g/mol. The van der Waals surface area contributed by atoms with E-state index in [2.05, 4.69) is 18.2 Å². The summed E-state index contributed by atoms with van der Waals surface area (Å²) in [5.41, 5.74) is 1.30. The molecule has 0 N–H and O–H groups in total. The van der Waals surface area contributed by atoms with Crippen LogP contribution in [0.5, 0.6) is 5.75 Å². The van der Waals surface area contributed by atoms with Crippen molar-refractivity contribution in [3.05, 3.63) is 29.8 Å². The van der Waals surface area contributed by atoms with Crippen molar-refractivity contribution in [3.63, 3.8) is 0 Å². The molecule has 3 rings (SSSR count). The summed E-state index contributed by atoms with van der Waals surface area (Å²) in [7, 11) is 1.72. The molecule has 18 heavy (non-hydrogen) atoms. The number of halogens is 1. The first-order valence-corrected chi connectivity index (χ1v) is 7.47. The summed E-state index contributed by atoms with van der Waals surface area (Å²) in [6, 6.07) is 8.32. The molecule has 2 fully saturated rings. The Morgan fingerprint density at radius 3 is 2.89 bits per heavy atom. The van der Waals surface area contributed by atoms with Crippen molar-refractivity contribution in [3.8, 4) is 5.75 Å². The normalized spacial score (nSPS) is 31.6. The number of alkyl halides is 1. The summed E-state index contributed by atoms with van der Waals surface area (Å²) in [5, 5.41) is 0.299. The lowest BCUT2D eigenvalue weighted by atomic mass is 9.84. The Morgan fingerprint density at radius 1 is 1.33 bits per heavy atom. The van der Waals surface area contributed by atoms with Gasteiger partial charge in [-0.2, -0.15) is 0 Å². The third-order valence-electron chi connectivity index (χ3n) is 4.82. The maximum atomic E-state index is 6.67. The van der Waals surface area contributed by atoms with Gasteiger partial charge in [-0.1, -0.05) is 18.6 Å². The molecule has 0 spiro atoms. The second-order valence-electron chi connectivity index (χ2n) is 5.91. The number of fused-ring (bicyclic) bond motifs is 2. The highest BCUT2D eigenvalue weighted by molar-refractivity contribution is 6.21. The Morgan fingerprint density at radius 2 is 2.22 bits per heavy atom. The average Bonchev–Trinajstić information content (AvgIpc) is 3.01. The van der Waals surface area contributed by atoms with Crippen molar-refractivity contribution in [1.82, 2.24) is 0 Å². The maximum absolute atomic E-state index is 6.67. The molecule has 0 saturated heterocycles. The molecule has 2 bridgehead atoms. The maximum Gasteiger partial charge on any atom is 0.119 e. The molecule has 2 heteroatoms. The van der Waals surface area contributed by atoms with Gasteiger partial charge in [-0.15, -0.1) is 11.6 Å². The zero-order valence-corrected chi connectivity index (χ0v) is 11.7.